The van der Waals surface area contributed by atoms with Crippen LogP contribution in [-0.4, -0.2) is 34.8 Å². The number of carbonyl (C=O) groups excluding carboxylic acids is 2. The lowest BCUT2D eigenvalue weighted by molar-refractivity contribution is 0.0519. The number of hydrogen-bond acceptors (Lipinski definition) is 4. The Morgan fingerprint density at radius 1 is 1.07 bits per heavy atom. The fourth-order valence-electron chi connectivity index (χ4n) is 3.17. The van der Waals surface area contributed by atoms with Crippen molar-refractivity contribution in [2.45, 2.75) is 33.6 Å². The summed E-state index contributed by atoms with van der Waals surface area (Å²) in [6.45, 7) is 6.81. The lowest BCUT2D eigenvalue weighted by Gasteiger charge is -2.10. The second-order valence-electron chi connectivity index (χ2n) is 7.02. The smallest absolute Gasteiger partial charge is 0.358 e. The molecule has 0 aliphatic heterocycles. The first-order valence-electron chi connectivity index (χ1n) is 10.3. The van der Waals surface area contributed by atoms with Crippen molar-refractivity contribution in [3.05, 3.63) is 71.4 Å². The molecular formula is C24H27N3O3. The van der Waals surface area contributed by atoms with Gasteiger partial charge in [0.1, 0.15) is 0 Å². The Hall–Kier alpha value is -3.41. The number of unbranched alkanes of at least 4 members (excludes halogenated alkanes) is 1. The topological polar surface area (TPSA) is 73.2 Å². The monoisotopic (exact) mass is 405 g/mol. The standard InChI is InChI=1S/C24H27N3O3/c1-4-6-15-25-23(28)18-11-13-19(14-12-18)27-22(20-10-8-7-9-17(20)3)16-21(26-27)24(29)30-5-2/h7-14,16H,4-6,15H2,1-3H3,(H,25,28). The van der Waals surface area contributed by atoms with Gasteiger partial charge in [0.15, 0.2) is 5.69 Å². The van der Waals surface area contributed by atoms with Crippen LogP contribution < -0.4 is 5.32 Å². The van der Waals surface area contributed by atoms with Crippen LogP contribution in [0, 0.1) is 6.92 Å². The summed E-state index contributed by atoms with van der Waals surface area (Å²) in [7, 11) is 0. The van der Waals surface area contributed by atoms with Crippen LogP contribution in [0.25, 0.3) is 16.9 Å². The zero-order valence-corrected chi connectivity index (χ0v) is 17.6. The third-order valence-corrected chi connectivity index (χ3v) is 4.80. The average Bonchev–Trinajstić information content (AvgIpc) is 3.20. The Morgan fingerprint density at radius 2 is 1.80 bits per heavy atom. The summed E-state index contributed by atoms with van der Waals surface area (Å²) in [5.74, 6) is -0.556. The van der Waals surface area contributed by atoms with E-state index in [4.69, 9.17) is 4.74 Å². The number of amides is 1. The normalized spacial score (nSPS) is 10.6. The van der Waals surface area contributed by atoms with Crippen molar-refractivity contribution >= 4 is 11.9 Å². The molecule has 156 valence electrons. The van der Waals surface area contributed by atoms with E-state index in [0.717, 1.165) is 35.3 Å². The fourth-order valence-corrected chi connectivity index (χ4v) is 3.17. The molecule has 0 saturated carbocycles. The van der Waals surface area contributed by atoms with Crippen molar-refractivity contribution in [3.8, 4) is 16.9 Å². The van der Waals surface area contributed by atoms with E-state index in [1.807, 2.05) is 43.3 Å². The highest BCUT2D eigenvalue weighted by Crippen LogP contribution is 2.27. The van der Waals surface area contributed by atoms with Gasteiger partial charge < -0.3 is 10.1 Å². The fraction of sp³-hybridized carbons (Fsp3) is 0.292. The highest BCUT2D eigenvalue weighted by Gasteiger charge is 2.19. The molecule has 1 heterocycles. The van der Waals surface area contributed by atoms with E-state index < -0.39 is 5.97 Å². The first-order chi connectivity index (χ1) is 14.5. The molecule has 0 bridgehead atoms. The van der Waals surface area contributed by atoms with Gasteiger partial charge in [0, 0.05) is 17.7 Å². The second-order valence-corrected chi connectivity index (χ2v) is 7.02. The minimum Gasteiger partial charge on any atom is -0.461 e. The predicted octanol–water partition coefficient (Wildman–Crippen LogP) is 4.55. The average molecular weight is 405 g/mol. The largest absolute Gasteiger partial charge is 0.461 e. The van der Waals surface area contributed by atoms with Gasteiger partial charge in [0.25, 0.3) is 5.91 Å². The zero-order valence-electron chi connectivity index (χ0n) is 17.6. The van der Waals surface area contributed by atoms with Crippen molar-refractivity contribution in [1.29, 1.82) is 0 Å². The summed E-state index contributed by atoms with van der Waals surface area (Å²) in [6.07, 6.45) is 1.98. The molecule has 2 aromatic carbocycles. The number of benzene rings is 2. The van der Waals surface area contributed by atoms with Crippen LogP contribution in [0.5, 0.6) is 0 Å². The Balaban J connectivity index is 1.97. The Bertz CT molecular complexity index is 1020. The van der Waals surface area contributed by atoms with E-state index in [9.17, 15) is 9.59 Å². The van der Waals surface area contributed by atoms with Gasteiger partial charge in [-0.3, -0.25) is 4.79 Å². The van der Waals surface area contributed by atoms with Crippen LogP contribution >= 0.6 is 0 Å². The SMILES string of the molecule is CCCCNC(=O)c1ccc(-n2nc(C(=O)OCC)cc2-c2ccccc2C)cc1. The van der Waals surface area contributed by atoms with E-state index in [1.54, 1.807) is 29.8 Å². The minimum atomic E-state index is -0.460. The van der Waals surface area contributed by atoms with Gasteiger partial charge in [-0.25, -0.2) is 9.48 Å². The van der Waals surface area contributed by atoms with Crippen LogP contribution in [-0.2, 0) is 4.74 Å². The van der Waals surface area contributed by atoms with Crippen molar-refractivity contribution in [3.63, 3.8) is 0 Å². The first-order valence-corrected chi connectivity index (χ1v) is 10.3. The maximum atomic E-state index is 12.3. The molecule has 30 heavy (non-hydrogen) atoms. The lowest BCUT2D eigenvalue weighted by Crippen LogP contribution is -2.24. The number of nitrogens with one attached hydrogen (secondary N) is 1. The van der Waals surface area contributed by atoms with Gasteiger partial charge in [-0.05, 0) is 56.2 Å². The van der Waals surface area contributed by atoms with Gasteiger partial charge in [0.2, 0.25) is 0 Å². The molecule has 1 amide bonds. The van der Waals surface area contributed by atoms with Crippen LogP contribution in [0.4, 0.5) is 0 Å². The number of carbonyl (C=O) groups is 2. The van der Waals surface area contributed by atoms with Gasteiger partial charge in [-0.15, -0.1) is 0 Å². The van der Waals surface area contributed by atoms with Crippen molar-refractivity contribution < 1.29 is 14.3 Å². The molecule has 0 spiro atoms. The molecule has 0 saturated heterocycles. The molecule has 0 fully saturated rings. The molecule has 0 unspecified atom stereocenters. The molecule has 3 rings (SSSR count). The highest BCUT2D eigenvalue weighted by atomic mass is 16.5. The van der Waals surface area contributed by atoms with Crippen molar-refractivity contribution in [2.75, 3.05) is 13.2 Å². The Kier molecular flexibility index (Phi) is 7.01. The summed E-state index contributed by atoms with van der Waals surface area (Å²) in [5, 5.41) is 7.41. The van der Waals surface area contributed by atoms with Crippen LogP contribution in [0.15, 0.2) is 54.6 Å². The second kappa shape index (κ2) is 9.87. The molecule has 0 aliphatic carbocycles. The highest BCUT2D eigenvalue weighted by molar-refractivity contribution is 5.94. The maximum absolute atomic E-state index is 12.3. The molecule has 3 aromatic rings. The van der Waals surface area contributed by atoms with Gasteiger partial charge in [0.05, 0.1) is 18.0 Å². The van der Waals surface area contributed by atoms with E-state index in [0.29, 0.717) is 12.1 Å². The van der Waals surface area contributed by atoms with E-state index >= 15 is 0 Å². The molecular weight excluding hydrogens is 378 g/mol. The zero-order chi connectivity index (χ0) is 21.5. The molecule has 0 aliphatic rings. The number of rotatable bonds is 8. The van der Waals surface area contributed by atoms with Crippen LogP contribution in [0.1, 0.15) is 53.1 Å². The van der Waals surface area contributed by atoms with Crippen molar-refractivity contribution in [2.24, 2.45) is 0 Å². The number of ether oxygens (including phenoxy) is 1. The third-order valence-electron chi connectivity index (χ3n) is 4.80. The van der Waals surface area contributed by atoms with Gasteiger partial charge in [-0.2, -0.15) is 5.10 Å². The minimum absolute atomic E-state index is 0.0956. The van der Waals surface area contributed by atoms with Gasteiger partial charge in [-0.1, -0.05) is 37.6 Å². The number of aryl methyl sites for hydroxylation is 1. The molecule has 6 heteroatoms. The summed E-state index contributed by atoms with van der Waals surface area (Å²) >= 11 is 0. The maximum Gasteiger partial charge on any atom is 0.358 e. The van der Waals surface area contributed by atoms with E-state index in [2.05, 4.69) is 17.3 Å². The van der Waals surface area contributed by atoms with Gasteiger partial charge >= 0.3 is 5.97 Å². The van der Waals surface area contributed by atoms with Crippen LogP contribution in [0.3, 0.4) is 0 Å². The summed E-state index contributed by atoms with van der Waals surface area (Å²) < 4.78 is 6.84. The number of hydrogen-bond donors (Lipinski definition) is 1. The quantitative estimate of drug-likeness (QED) is 0.441. The first kappa shape index (κ1) is 21.3. The Morgan fingerprint density at radius 3 is 2.47 bits per heavy atom. The molecule has 1 aromatic heterocycles. The third kappa shape index (κ3) is 4.76. The number of nitrogens with zero attached hydrogens (tertiary/aromatic N) is 2. The molecule has 0 radical (unpaired) electrons. The summed E-state index contributed by atoms with van der Waals surface area (Å²) in [5.41, 5.74) is 4.43. The molecule has 1 N–H and O–H groups in total. The van der Waals surface area contributed by atoms with Crippen LogP contribution in [0.2, 0.25) is 0 Å². The number of esters is 1. The summed E-state index contributed by atoms with van der Waals surface area (Å²) in [4.78, 5) is 24.5. The molecule has 6 nitrogen and oxygen atoms in total. The molecule has 0 atom stereocenters. The lowest BCUT2D eigenvalue weighted by atomic mass is 10.1. The number of aromatic nitrogens is 2. The van der Waals surface area contributed by atoms with E-state index in [1.165, 1.54) is 0 Å². The Labute approximate surface area is 176 Å². The summed E-state index contributed by atoms with van der Waals surface area (Å²) in [6, 6.07) is 16.9. The van der Waals surface area contributed by atoms with E-state index in [-0.39, 0.29) is 18.2 Å². The predicted molar refractivity (Wildman–Crippen MR) is 117 cm³/mol. The van der Waals surface area contributed by atoms with Crippen molar-refractivity contribution in [1.82, 2.24) is 15.1 Å².